The number of nitrogens with zero attached hydrogens (tertiary/aromatic N) is 1. The van der Waals surface area contributed by atoms with Crippen LogP contribution in [0.15, 0.2) is 24.3 Å². The van der Waals surface area contributed by atoms with Crippen molar-refractivity contribution in [1.29, 1.82) is 0 Å². The molecule has 2 saturated heterocycles. The highest BCUT2D eigenvalue weighted by molar-refractivity contribution is 7.80. The van der Waals surface area contributed by atoms with Crippen molar-refractivity contribution < 1.29 is 0 Å². The third-order valence-electron chi connectivity index (χ3n) is 5.48. The average molecular weight is 346 g/mol. The quantitative estimate of drug-likeness (QED) is 0.795. The van der Waals surface area contributed by atoms with E-state index in [0.717, 1.165) is 24.6 Å². The van der Waals surface area contributed by atoms with Crippen molar-refractivity contribution >= 4 is 17.3 Å². The van der Waals surface area contributed by atoms with Crippen LogP contribution in [-0.4, -0.2) is 34.7 Å². The zero-order valence-electron chi connectivity index (χ0n) is 15.1. The zero-order chi connectivity index (χ0) is 16.9. The van der Waals surface area contributed by atoms with E-state index in [9.17, 15) is 0 Å². The second-order valence-electron chi connectivity index (χ2n) is 7.47. The van der Waals surface area contributed by atoms with Crippen LogP contribution in [0.3, 0.4) is 0 Å². The number of aryl methyl sites for hydroxylation is 1. The largest absolute Gasteiger partial charge is 0.363 e. The highest BCUT2D eigenvalue weighted by Gasteiger charge is 2.38. The minimum Gasteiger partial charge on any atom is -0.363 e. The van der Waals surface area contributed by atoms with E-state index in [1.807, 2.05) is 0 Å². The Morgan fingerprint density at radius 3 is 2.46 bits per heavy atom. The smallest absolute Gasteiger partial charge is 0.166 e. The maximum absolute atomic E-state index is 5.44. The van der Waals surface area contributed by atoms with Gasteiger partial charge in [0.25, 0.3) is 0 Å². The molecule has 2 aliphatic rings. The molecule has 132 valence electrons. The van der Waals surface area contributed by atoms with Crippen molar-refractivity contribution in [2.75, 3.05) is 6.54 Å². The van der Waals surface area contributed by atoms with E-state index in [1.54, 1.807) is 0 Å². The Bertz CT molecular complexity index is 528. The van der Waals surface area contributed by atoms with E-state index < -0.39 is 0 Å². The Morgan fingerprint density at radius 1 is 1.17 bits per heavy atom. The molecule has 0 aliphatic carbocycles. The fourth-order valence-electron chi connectivity index (χ4n) is 4.23. The predicted molar refractivity (Wildman–Crippen MR) is 105 cm³/mol. The van der Waals surface area contributed by atoms with Gasteiger partial charge in [-0.3, -0.25) is 4.90 Å². The third-order valence-corrected chi connectivity index (χ3v) is 5.74. The highest BCUT2D eigenvalue weighted by Crippen LogP contribution is 2.35. The predicted octanol–water partition coefficient (Wildman–Crippen LogP) is 3.75. The minimum atomic E-state index is 0.534. The van der Waals surface area contributed by atoms with E-state index in [2.05, 4.69) is 53.6 Å². The molecule has 3 rings (SSSR count). The summed E-state index contributed by atoms with van der Waals surface area (Å²) in [7, 11) is 0. The van der Waals surface area contributed by atoms with Crippen LogP contribution < -0.4 is 10.6 Å². The summed E-state index contributed by atoms with van der Waals surface area (Å²) in [5, 5.41) is 7.72. The Morgan fingerprint density at radius 2 is 1.83 bits per heavy atom. The normalized spacial score (nSPS) is 26.8. The number of rotatable bonds is 5. The number of fused-ring (bicyclic) bond motifs is 2. The SMILES string of the molecule is CCCNC(=S)NC1CC2CCCC(C1)N2Cc1ccc(C)cc1. The van der Waals surface area contributed by atoms with Crippen LogP contribution in [0.2, 0.25) is 0 Å². The van der Waals surface area contributed by atoms with Gasteiger partial charge in [0.15, 0.2) is 5.11 Å². The molecular formula is C20H31N3S. The molecule has 0 amide bonds. The fraction of sp³-hybridized carbons (Fsp3) is 0.650. The fourth-order valence-corrected chi connectivity index (χ4v) is 4.50. The lowest BCUT2D eigenvalue weighted by atomic mass is 9.81. The van der Waals surface area contributed by atoms with E-state index in [0.29, 0.717) is 18.1 Å². The third kappa shape index (κ3) is 4.48. The first-order valence-electron chi connectivity index (χ1n) is 9.51. The maximum atomic E-state index is 5.44. The molecule has 2 N–H and O–H groups in total. The monoisotopic (exact) mass is 345 g/mol. The highest BCUT2D eigenvalue weighted by atomic mass is 32.1. The summed E-state index contributed by atoms with van der Waals surface area (Å²) in [4.78, 5) is 2.76. The van der Waals surface area contributed by atoms with Crippen molar-refractivity contribution in [1.82, 2.24) is 15.5 Å². The van der Waals surface area contributed by atoms with E-state index in [-0.39, 0.29) is 0 Å². The molecule has 0 saturated carbocycles. The average Bonchev–Trinajstić information content (AvgIpc) is 2.55. The Balaban J connectivity index is 1.59. The van der Waals surface area contributed by atoms with Crippen LogP contribution in [0.5, 0.6) is 0 Å². The number of thiocarbonyl (C=S) groups is 1. The molecule has 2 heterocycles. The molecule has 3 nitrogen and oxygen atoms in total. The lowest BCUT2D eigenvalue weighted by molar-refractivity contribution is 0.0210. The summed E-state index contributed by atoms with van der Waals surface area (Å²) in [5.74, 6) is 0. The van der Waals surface area contributed by atoms with Gasteiger partial charge in [0.2, 0.25) is 0 Å². The van der Waals surface area contributed by atoms with Crippen LogP contribution in [0.4, 0.5) is 0 Å². The van der Waals surface area contributed by atoms with Crippen LogP contribution in [0.25, 0.3) is 0 Å². The number of piperidine rings is 2. The number of nitrogens with one attached hydrogen (secondary N) is 2. The van der Waals surface area contributed by atoms with Gasteiger partial charge in [0, 0.05) is 31.2 Å². The number of hydrogen-bond acceptors (Lipinski definition) is 2. The maximum Gasteiger partial charge on any atom is 0.166 e. The van der Waals surface area contributed by atoms with Gasteiger partial charge in [-0.15, -0.1) is 0 Å². The Labute approximate surface area is 152 Å². The van der Waals surface area contributed by atoms with Gasteiger partial charge in [0.05, 0.1) is 0 Å². The summed E-state index contributed by atoms with van der Waals surface area (Å²) in [6.07, 6.45) is 7.59. The molecule has 2 aliphatic heterocycles. The molecule has 24 heavy (non-hydrogen) atoms. The van der Waals surface area contributed by atoms with Crippen molar-refractivity contribution in [3.8, 4) is 0 Å². The zero-order valence-corrected chi connectivity index (χ0v) is 15.9. The molecule has 2 bridgehead atoms. The van der Waals surface area contributed by atoms with Crippen LogP contribution >= 0.6 is 12.2 Å². The molecule has 0 spiro atoms. The van der Waals surface area contributed by atoms with Crippen molar-refractivity contribution in [3.63, 3.8) is 0 Å². The molecule has 2 unspecified atom stereocenters. The number of benzene rings is 1. The van der Waals surface area contributed by atoms with E-state index >= 15 is 0 Å². The van der Waals surface area contributed by atoms with E-state index in [4.69, 9.17) is 12.2 Å². The van der Waals surface area contributed by atoms with Crippen molar-refractivity contribution in [2.45, 2.75) is 77.0 Å². The molecule has 1 aromatic carbocycles. The Hall–Kier alpha value is -1.13. The van der Waals surface area contributed by atoms with Crippen molar-refractivity contribution in [3.05, 3.63) is 35.4 Å². The van der Waals surface area contributed by atoms with Gasteiger partial charge in [-0.25, -0.2) is 0 Å². The summed E-state index contributed by atoms with van der Waals surface area (Å²) < 4.78 is 0. The van der Waals surface area contributed by atoms with Gasteiger partial charge < -0.3 is 10.6 Å². The summed E-state index contributed by atoms with van der Waals surface area (Å²) in [6.45, 7) is 6.39. The molecule has 1 aromatic rings. The van der Waals surface area contributed by atoms with Crippen LogP contribution in [0.1, 0.15) is 56.6 Å². The summed E-state index contributed by atoms with van der Waals surface area (Å²) in [5.41, 5.74) is 2.79. The summed E-state index contributed by atoms with van der Waals surface area (Å²) >= 11 is 5.44. The Kier molecular flexibility index (Phi) is 6.12. The first kappa shape index (κ1) is 17.7. The second-order valence-corrected chi connectivity index (χ2v) is 7.87. The van der Waals surface area contributed by atoms with Gasteiger partial charge in [-0.05, 0) is 56.8 Å². The second kappa shape index (κ2) is 8.30. The van der Waals surface area contributed by atoms with E-state index in [1.165, 1.54) is 43.2 Å². The first-order valence-corrected chi connectivity index (χ1v) is 9.92. The van der Waals surface area contributed by atoms with Crippen LogP contribution in [-0.2, 0) is 6.54 Å². The van der Waals surface area contributed by atoms with Crippen LogP contribution in [0, 0.1) is 6.92 Å². The number of hydrogen-bond donors (Lipinski definition) is 2. The van der Waals surface area contributed by atoms with Crippen molar-refractivity contribution in [2.24, 2.45) is 0 Å². The molecular weight excluding hydrogens is 314 g/mol. The molecule has 4 heteroatoms. The summed E-state index contributed by atoms with van der Waals surface area (Å²) in [6, 6.07) is 11.0. The van der Waals surface area contributed by atoms with Gasteiger partial charge in [0.1, 0.15) is 0 Å². The molecule has 2 fully saturated rings. The van der Waals surface area contributed by atoms with Gasteiger partial charge >= 0.3 is 0 Å². The molecule has 2 atom stereocenters. The standard InChI is InChI=1S/C20H31N3S/c1-3-11-21-20(24)22-17-12-18-5-4-6-19(13-17)23(18)14-16-9-7-15(2)8-10-16/h7-10,17-19H,3-6,11-14H2,1-2H3,(H2,21,22,24). The minimum absolute atomic E-state index is 0.534. The first-order chi connectivity index (χ1) is 11.7. The lowest BCUT2D eigenvalue weighted by Crippen LogP contribution is -2.57. The van der Waals surface area contributed by atoms with Gasteiger partial charge in [-0.1, -0.05) is 43.2 Å². The topological polar surface area (TPSA) is 27.3 Å². The van der Waals surface area contributed by atoms with Gasteiger partial charge in [-0.2, -0.15) is 0 Å². The lowest BCUT2D eigenvalue weighted by Gasteiger charge is -2.49. The molecule has 0 aromatic heterocycles. The molecule has 0 radical (unpaired) electrons.